The van der Waals surface area contributed by atoms with Gasteiger partial charge in [-0.2, -0.15) is 0 Å². The van der Waals surface area contributed by atoms with Gasteiger partial charge in [0.2, 0.25) is 5.91 Å². The first-order valence-electron chi connectivity index (χ1n) is 6.46. The lowest BCUT2D eigenvalue weighted by Gasteiger charge is -2.14. The highest BCUT2D eigenvalue weighted by Crippen LogP contribution is 2.22. The number of para-hydroxylation sites is 1. The van der Waals surface area contributed by atoms with Crippen LogP contribution in [0.5, 0.6) is 0 Å². The number of amides is 1. The van der Waals surface area contributed by atoms with Crippen molar-refractivity contribution in [3.05, 3.63) is 34.6 Å². The minimum absolute atomic E-state index is 0.250. The molecule has 1 amide bonds. The van der Waals surface area contributed by atoms with Crippen LogP contribution in [-0.4, -0.2) is 33.8 Å². The maximum absolute atomic E-state index is 12.5. The predicted molar refractivity (Wildman–Crippen MR) is 82.5 cm³/mol. The number of thioether (sulfide) groups is 1. The van der Waals surface area contributed by atoms with Crippen LogP contribution in [0.3, 0.4) is 0 Å². The van der Waals surface area contributed by atoms with E-state index < -0.39 is 17.1 Å². The number of carbonyl (C=O) groups is 2. The number of benzene rings is 1. The van der Waals surface area contributed by atoms with Crippen molar-refractivity contribution in [3.63, 3.8) is 0 Å². The summed E-state index contributed by atoms with van der Waals surface area (Å²) in [5.41, 5.74) is 5.37. The van der Waals surface area contributed by atoms with Crippen molar-refractivity contribution in [2.45, 2.75) is 23.9 Å². The SMILES string of the molecule is COC(=O)Cn1c(S[C@@H](C)C(N)=O)nc2ccccc2c1=O. The van der Waals surface area contributed by atoms with Gasteiger partial charge in [-0.25, -0.2) is 4.98 Å². The zero-order valence-electron chi connectivity index (χ0n) is 12.1. The Morgan fingerprint density at radius 2 is 2.09 bits per heavy atom. The van der Waals surface area contributed by atoms with E-state index in [-0.39, 0.29) is 17.3 Å². The average Bonchev–Trinajstić information content (AvgIpc) is 2.50. The van der Waals surface area contributed by atoms with E-state index in [1.807, 2.05) is 0 Å². The van der Waals surface area contributed by atoms with Gasteiger partial charge >= 0.3 is 5.97 Å². The molecule has 0 aliphatic rings. The Balaban J connectivity index is 2.60. The lowest BCUT2D eigenvalue weighted by Crippen LogP contribution is -2.29. The fraction of sp³-hybridized carbons (Fsp3) is 0.286. The summed E-state index contributed by atoms with van der Waals surface area (Å²) in [5.74, 6) is -1.11. The number of hydrogen-bond acceptors (Lipinski definition) is 6. The molecule has 0 saturated carbocycles. The first kappa shape index (κ1) is 16.0. The number of esters is 1. The molecule has 1 heterocycles. The largest absolute Gasteiger partial charge is 0.468 e. The number of carbonyl (C=O) groups excluding carboxylic acids is 2. The molecule has 22 heavy (non-hydrogen) atoms. The van der Waals surface area contributed by atoms with E-state index in [4.69, 9.17) is 5.73 Å². The second kappa shape index (κ2) is 6.61. The third-order valence-corrected chi connectivity index (χ3v) is 4.13. The summed E-state index contributed by atoms with van der Waals surface area (Å²) in [6.07, 6.45) is 0. The summed E-state index contributed by atoms with van der Waals surface area (Å²) in [6.45, 7) is 1.33. The van der Waals surface area contributed by atoms with Crippen LogP contribution in [-0.2, 0) is 20.9 Å². The van der Waals surface area contributed by atoms with E-state index in [9.17, 15) is 14.4 Å². The highest BCUT2D eigenvalue weighted by molar-refractivity contribution is 8.00. The Labute approximate surface area is 130 Å². The number of fused-ring (bicyclic) bond motifs is 1. The minimum Gasteiger partial charge on any atom is -0.468 e. The zero-order valence-corrected chi connectivity index (χ0v) is 12.9. The third-order valence-electron chi connectivity index (χ3n) is 3.02. The molecule has 1 atom stereocenters. The number of primary amides is 1. The van der Waals surface area contributed by atoms with Crippen LogP contribution < -0.4 is 11.3 Å². The molecule has 1 aromatic heterocycles. The highest BCUT2D eigenvalue weighted by atomic mass is 32.2. The summed E-state index contributed by atoms with van der Waals surface area (Å²) in [4.78, 5) is 39.7. The molecule has 116 valence electrons. The van der Waals surface area contributed by atoms with Gasteiger partial charge in [-0.05, 0) is 19.1 Å². The van der Waals surface area contributed by atoms with E-state index in [1.54, 1.807) is 31.2 Å². The molecule has 0 unspecified atom stereocenters. The topological polar surface area (TPSA) is 104 Å². The molecule has 0 saturated heterocycles. The summed E-state index contributed by atoms with van der Waals surface area (Å²) < 4.78 is 5.79. The van der Waals surface area contributed by atoms with Gasteiger partial charge in [-0.3, -0.25) is 19.0 Å². The number of nitrogens with zero attached hydrogens (tertiary/aromatic N) is 2. The lowest BCUT2D eigenvalue weighted by molar-refractivity contribution is -0.141. The quantitative estimate of drug-likeness (QED) is 0.489. The van der Waals surface area contributed by atoms with Gasteiger partial charge in [0.1, 0.15) is 6.54 Å². The van der Waals surface area contributed by atoms with Gasteiger partial charge in [0, 0.05) is 0 Å². The first-order valence-corrected chi connectivity index (χ1v) is 7.34. The van der Waals surface area contributed by atoms with E-state index in [0.29, 0.717) is 10.9 Å². The van der Waals surface area contributed by atoms with Crippen molar-refractivity contribution in [1.82, 2.24) is 9.55 Å². The van der Waals surface area contributed by atoms with Crippen molar-refractivity contribution in [2.75, 3.05) is 7.11 Å². The molecule has 0 aliphatic carbocycles. The lowest BCUT2D eigenvalue weighted by atomic mass is 10.2. The van der Waals surface area contributed by atoms with Crippen LogP contribution in [0.4, 0.5) is 0 Å². The second-order valence-electron chi connectivity index (χ2n) is 4.54. The van der Waals surface area contributed by atoms with E-state index in [0.717, 1.165) is 11.8 Å². The Morgan fingerprint density at radius 1 is 1.41 bits per heavy atom. The smallest absolute Gasteiger partial charge is 0.325 e. The fourth-order valence-electron chi connectivity index (χ4n) is 1.79. The molecule has 0 bridgehead atoms. The molecule has 7 nitrogen and oxygen atoms in total. The van der Waals surface area contributed by atoms with Crippen LogP contribution in [0.1, 0.15) is 6.92 Å². The molecule has 1 aromatic carbocycles. The van der Waals surface area contributed by atoms with Crippen LogP contribution in [0.15, 0.2) is 34.2 Å². The minimum atomic E-state index is -0.586. The summed E-state index contributed by atoms with van der Waals surface area (Å²) in [5, 5.41) is 0.0554. The first-order chi connectivity index (χ1) is 10.4. The second-order valence-corrected chi connectivity index (χ2v) is 5.85. The molecule has 0 spiro atoms. The van der Waals surface area contributed by atoms with E-state index >= 15 is 0 Å². The predicted octanol–water partition coefficient (Wildman–Crippen LogP) is 0.535. The Kier molecular flexibility index (Phi) is 4.81. The average molecular weight is 321 g/mol. The highest BCUT2D eigenvalue weighted by Gasteiger charge is 2.19. The van der Waals surface area contributed by atoms with Gasteiger partial charge in [0.05, 0.1) is 23.3 Å². The van der Waals surface area contributed by atoms with E-state index in [2.05, 4.69) is 9.72 Å². The number of ether oxygens (including phenoxy) is 1. The van der Waals surface area contributed by atoms with Gasteiger partial charge < -0.3 is 10.5 Å². The maximum atomic E-state index is 12.5. The summed E-state index contributed by atoms with van der Waals surface area (Å²) >= 11 is 1.03. The van der Waals surface area contributed by atoms with Crippen LogP contribution >= 0.6 is 11.8 Å². The number of aromatic nitrogens is 2. The molecule has 8 heteroatoms. The van der Waals surface area contributed by atoms with Crippen LogP contribution in [0.25, 0.3) is 10.9 Å². The molecule has 0 aliphatic heterocycles. The number of methoxy groups -OCH3 is 1. The van der Waals surface area contributed by atoms with E-state index in [1.165, 1.54) is 11.7 Å². The van der Waals surface area contributed by atoms with Crippen LogP contribution in [0, 0.1) is 0 Å². The molecule has 2 rings (SSSR count). The summed E-state index contributed by atoms with van der Waals surface area (Å²) in [7, 11) is 1.24. The molecule has 2 N–H and O–H groups in total. The van der Waals surface area contributed by atoms with Crippen molar-refractivity contribution < 1.29 is 14.3 Å². The number of nitrogens with two attached hydrogens (primary N) is 1. The molecule has 0 fully saturated rings. The number of hydrogen-bond donors (Lipinski definition) is 1. The Bertz CT molecular complexity index is 787. The molecular weight excluding hydrogens is 306 g/mol. The third kappa shape index (κ3) is 3.28. The zero-order chi connectivity index (χ0) is 16.3. The molecular formula is C14H15N3O4S. The van der Waals surface area contributed by atoms with Crippen molar-refractivity contribution >= 4 is 34.5 Å². The van der Waals surface area contributed by atoms with Gasteiger partial charge in [-0.15, -0.1) is 0 Å². The monoisotopic (exact) mass is 321 g/mol. The van der Waals surface area contributed by atoms with Crippen molar-refractivity contribution in [2.24, 2.45) is 5.73 Å². The maximum Gasteiger partial charge on any atom is 0.325 e. The Morgan fingerprint density at radius 3 is 2.73 bits per heavy atom. The van der Waals surface area contributed by atoms with Gasteiger partial charge in [-0.1, -0.05) is 23.9 Å². The molecule has 0 radical (unpaired) electrons. The van der Waals surface area contributed by atoms with Crippen molar-refractivity contribution in [3.8, 4) is 0 Å². The Hall–Kier alpha value is -2.35. The normalized spacial score (nSPS) is 12.1. The van der Waals surface area contributed by atoms with Gasteiger partial charge in [0.15, 0.2) is 5.16 Å². The number of rotatable bonds is 5. The van der Waals surface area contributed by atoms with Gasteiger partial charge in [0.25, 0.3) is 5.56 Å². The standard InChI is InChI=1S/C14H15N3O4S/c1-8(12(15)19)22-14-16-10-6-4-3-5-9(10)13(20)17(14)7-11(18)21-2/h3-6,8H,7H2,1-2H3,(H2,15,19)/t8-/m0/s1. The fourth-order valence-corrected chi connectivity index (χ4v) is 2.65. The summed E-state index contributed by atoms with van der Waals surface area (Å²) in [6, 6.07) is 6.79. The van der Waals surface area contributed by atoms with Crippen LogP contribution in [0.2, 0.25) is 0 Å². The molecule has 2 aromatic rings. The van der Waals surface area contributed by atoms with Crippen molar-refractivity contribution in [1.29, 1.82) is 0 Å².